The van der Waals surface area contributed by atoms with Crippen molar-refractivity contribution >= 4 is 43.9 Å². The molecule has 3 aromatic rings. The Bertz CT molecular complexity index is 1230. The normalized spacial score (nSPS) is 14.7. The Hall–Kier alpha value is -2.90. The number of likely N-dealkylation sites (tertiary alicyclic amines) is 1. The molecule has 0 bridgehead atoms. The summed E-state index contributed by atoms with van der Waals surface area (Å²) in [4.78, 5) is 21.3. The van der Waals surface area contributed by atoms with Crippen LogP contribution in [-0.4, -0.2) is 42.3 Å². The van der Waals surface area contributed by atoms with Crippen LogP contribution < -0.4 is 4.72 Å². The van der Waals surface area contributed by atoms with Crippen LogP contribution in [0.1, 0.15) is 40.9 Å². The first-order valence-electron chi connectivity index (χ1n) is 9.19. The van der Waals surface area contributed by atoms with E-state index < -0.39 is 10.0 Å². The number of aromatic amines is 1. The summed E-state index contributed by atoms with van der Waals surface area (Å²) in [6.07, 6.45) is 4.55. The maximum atomic E-state index is 12.9. The predicted molar refractivity (Wildman–Crippen MR) is 110 cm³/mol. The van der Waals surface area contributed by atoms with Gasteiger partial charge in [-0.1, -0.05) is 6.07 Å². The van der Waals surface area contributed by atoms with Crippen LogP contribution in [0.4, 0.5) is 5.69 Å². The van der Waals surface area contributed by atoms with Crippen LogP contribution in [0.25, 0.3) is 10.9 Å². The zero-order valence-corrected chi connectivity index (χ0v) is 17.4. The Morgan fingerprint density at radius 2 is 2.07 bits per heavy atom. The van der Waals surface area contributed by atoms with E-state index in [1.165, 1.54) is 5.38 Å². The van der Waals surface area contributed by atoms with Gasteiger partial charge in [-0.25, -0.2) is 4.98 Å². The number of H-pyrrole nitrogens is 1. The van der Waals surface area contributed by atoms with Crippen molar-refractivity contribution in [3.05, 3.63) is 40.5 Å². The van der Waals surface area contributed by atoms with Crippen LogP contribution in [0, 0.1) is 18.3 Å². The number of hydrogen-bond acceptors (Lipinski definition) is 6. The first-order chi connectivity index (χ1) is 13.9. The average molecular weight is 430 g/mol. The number of hydrogen-bond donors (Lipinski definition) is 2. The van der Waals surface area contributed by atoms with Crippen molar-refractivity contribution in [2.45, 2.75) is 30.5 Å². The molecule has 1 aromatic carbocycles. The van der Waals surface area contributed by atoms with Crippen molar-refractivity contribution in [1.29, 1.82) is 5.26 Å². The van der Waals surface area contributed by atoms with Gasteiger partial charge >= 0.3 is 0 Å². The van der Waals surface area contributed by atoms with Crippen LogP contribution in [0.2, 0.25) is 0 Å². The van der Waals surface area contributed by atoms with Crippen molar-refractivity contribution in [3.63, 3.8) is 0 Å². The smallest absolute Gasteiger partial charge is 0.289 e. The third-order valence-electron chi connectivity index (χ3n) is 4.98. The van der Waals surface area contributed by atoms with Gasteiger partial charge in [0, 0.05) is 30.1 Å². The molecule has 3 heterocycles. The van der Waals surface area contributed by atoms with Crippen molar-refractivity contribution in [2.24, 2.45) is 0 Å². The summed E-state index contributed by atoms with van der Waals surface area (Å²) < 4.78 is 28.1. The third-order valence-corrected chi connectivity index (χ3v) is 7.60. The number of piperidine rings is 1. The molecule has 8 nitrogen and oxygen atoms in total. The number of carbonyl (C=O) groups excluding carboxylic acids is 1. The number of nitrogens with one attached hydrogen (secondary N) is 2. The summed E-state index contributed by atoms with van der Waals surface area (Å²) in [6.45, 7) is 3.20. The molecule has 0 spiro atoms. The number of nitrogens with zero attached hydrogens (tertiary/aromatic N) is 3. The lowest BCUT2D eigenvalue weighted by Gasteiger charge is -2.25. The van der Waals surface area contributed by atoms with Gasteiger partial charge in [0.05, 0.1) is 16.8 Å². The molecule has 1 aliphatic rings. The van der Waals surface area contributed by atoms with Crippen LogP contribution in [0.15, 0.2) is 28.0 Å². The Kier molecular flexibility index (Phi) is 5.02. The number of benzene rings is 1. The van der Waals surface area contributed by atoms with Gasteiger partial charge in [-0.2, -0.15) is 13.7 Å². The first kappa shape index (κ1) is 19.4. The molecule has 1 amide bonds. The average Bonchev–Trinajstić information content (AvgIpc) is 3.38. The van der Waals surface area contributed by atoms with E-state index in [9.17, 15) is 18.5 Å². The maximum Gasteiger partial charge on any atom is 0.289 e. The number of sulfonamides is 1. The van der Waals surface area contributed by atoms with E-state index in [4.69, 9.17) is 0 Å². The van der Waals surface area contributed by atoms with E-state index in [2.05, 4.69) is 20.8 Å². The Morgan fingerprint density at radius 3 is 2.79 bits per heavy atom. The van der Waals surface area contributed by atoms with Gasteiger partial charge in [-0.3, -0.25) is 9.52 Å². The first-order valence-corrected chi connectivity index (χ1v) is 11.6. The lowest BCUT2D eigenvalue weighted by atomic mass is 10.1. The largest absolute Gasteiger partial charge is 0.358 e. The lowest BCUT2D eigenvalue weighted by molar-refractivity contribution is 0.0718. The van der Waals surface area contributed by atoms with Crippen LogP contribution in [0.3, 0.4) is 0 Å². The SMILES string of the molecule is Cc1ccc(NS(=O)(=O)c2nc(C(=O)N3CCCCC3)cs2)c2[nH]cc(C#N)c12. The van der Waals surface area contributed by atoms with Gasteiger partial charge in [0.25, 0.3) is 15.9 Å². The molecular weight excluding hydrogens is 410 g/mol. The predicted octanol–water partition coefficient (Wildman–Crippen LogP) is 3.23. The van der Waals surface area contributed by atoms with Crippen molar-refractivity contribution in [2.75, 3.05) is 17.8 Å². The minimum absolute atomic E-state index is 0.151. The van der Waals surface area contributed by atoms with E-state index in [1.807, 2.05) is 6.92 Å². The summed E-state index contributed by atoms with van der Waals surface area (Å²) >= 11 is 0.915. The van der Waals surface area contributed by atoms with E-state index in [0.29, 0.717) is 35.2 Å². The second-order valence-corrected chi connectivity index (χ2v) is 9.67. The number of rotatable bonds is 4. The van der Waals surface area contributed by atoms with E-state index >= 15 is 0 Å². The molecule has 1 aliphatic heterocycles. The maximum absolute atomic E-state index is 12.9. The fourth-order valence-corrected chi connectivity index (χ4v) is 5.58. The molecule has 0 atom stereocenters. The van der Waals surface area contributed by atoms with Gasteiger partial charge in [-0.15, -0.1) is 11.3 Å². The fraction of sp³-hybridized carbons (Fsp3) is 0.316. The van der Waals surface area contributed by atoms with Crippen molar-refractivity contribution < 1.29 is 13.2 Å². The topological polar surface area (TPSA) is 119 Å². The van der Waals surface area contributed by atoms with Crippen LogP contribution in [0.5, 0.6) is 0 Å². The lowest BCUT2D eigenvalue weighted by Crippen LogP contribution is -2.35. The quantitative estimate of drug-likeness (QED) is 0.660. The number of carbonyl (C=O) groups is 1. The Labute approximate surface area is 172 Å². The molecule has 0 unspecified atom stereocenters. The molecule has 0 saturated carbocycles. The highest BCUT2D eigenvalue weighted by molar-refractivity contribution is 7.94. The zero-order valence-electron chi connectivity index (χ0n) is 15.7. The molecule has 29 heavy (non-hydrogen) atoms. The number of amides is 1. The molecule has 2 aromatic heterocycles. The van der Waals surface area contributed by atoms with E-state index in [-0.39, 0.29) is 15.9 Å². The van der Waals surface area contributed by atoms with E-state index in [1.54, 1.807) is 23.2 Å². The second-order valence-electron chi connectivity index (χ2n) is 6.95. The standard InChI is InChI=1S/C19H19N5O3S2/c1-12-5-6-14(17-16(12)13(9-20)10-21-17)23-29(26,27)19-22-15(11-28-19)18(25)24-7-3-2-4-8-24/h5-6,10-11,21,23H,2-4,7-8H2,1H3. The van der Waals surface area contributed by atoms with Crippen LogP contribution in [-0.2, 0) is 10.0 Å². The number of nitriles is 1. The van der Waals surface area contributed by atoms with Gasteiger partial charge in [0.1, 0.15) is 11.8 Å². The summed E-state index contributed by atoms with van der Waals surface area (Å²) in [6, 6.07) is 5.49. The molecular formula is C19H19N5O3S2. The minimum Gasteiger partial charge on any atom is -0.358 e. The van der Waals surface area contributed by atoms with Gasteiger partial charge < -0.3 is 9.88 Å². The van der Waals surface area contributed by atoms with Gasteiger partial charge in [-0.05, 0) is 37.8 Å². The summed E-state index contributed by atoms with van der Waals surface area (Å²) in [7, 11) is -3.97. The number of aromatic nitrogens is 2. The highest BCUT2D eigenvalue weighted by Gasteiger charge is 2.25. The monoisotopic (exact) mass is 429 g/mol. The number of anilines is 1. The molecule has 2 N–H and O–H groups in total. The van der Waals surface area contributed by atoms with Gasteiger partial charge in [0.15, 0.2) is 0 Å². The molecule has 4 rings (SSSR count). The van der Waals surface area contributed by atoms with Crippen LogP contribution >= 0.6 is 11.3 Å². The van der Waals surface area contributed by atoms with Gasteiger partial charge in [0.2, 0.25) is 4.34 Å². The Balaban J connectivity index is 1.62. The molecule has 0 aliphatic carbocycles. The number of aryl methyl sites for hydroxylation is 1. The highest BCUT2D eigenvalue weighted by atomic mass is 32.2. The fourth-order valence-electron chi connectivity index (χ4n) is 3.52. The second kappa shape index (κ2) is 7.50. The number of thiazole rings is 1. The van der Waals surface area contributed by atoms with Crippen molar-refractivity contribution in [3.8, 4) is 6.07 Å². The molecule has 0 radical (unpaired) electrons. The summed E-state index contributed by atoms with van der Waals surface area (Å²) in [5.41, 5.74) is 2.32. The molecule has 10 heteroatoms. The Morgan fingerprint density at radius 1 is 1.31 bits per heavy atom. The van der Waals surface area contributed by atoms with Crippen molar-refractivity contribution in [1.82, 2.24) is 14.9 Å². The third kappa shape index (κ3) is 3.59. The zero-order chi connectivity index (χ0) is 20.6. The summed E-state index contributed by atoms with van der Waals surface area (Å²) in [5, 5.41) is 11.4. The minimum atomic E-state index is -3.97. The highest BCUT2D eigenvalue weighted by Crippen LogP contribution is 2.30. The summed E-state index contributed by atoms with van der Waals surface area (Å²) in [5.74, 6) is -0.233. The molecule has 1 fully saturated rings. The molecule has 150 valence electrons. The van der Waals surface area contributed by atoms with E-state index in [0.717, 1.165) is 36.2 Å². The number of fused-ring (bicyclic) bond motifs is 1. The molecule has 1 saturated heterocycles.